The summed E-state index contributed by atoms with van der Waals surface area (Å²) in [5.74, 6) is -40.5. The molecule has 0 aromatic carbocycles. The molecular weight excluding hydrogens is 642 g/mol. The molecule has 0 saturated carbocycles. The summed E-state index contributed by atoms with van der Waals surface area (Å²) in [6.45, 7) is -2.84. The van der Waals surface area contributed by atoms with Gasteiger partial charge in [0.25, 0.3) is 0 Å². The number of aliphatic hydroxyl groups excluding tert-OH is 2. The molecule has 0 aromatic rings. The van der Waals surface area contributed by atoms with Crippen molar-refractivity contribution in [2.45, 2.75) is 72.9 Å². The normalized spacial score (nSPS) is 17.4. The highest BCUT2D eigenvalue weighted by Crippen LogP contribution is 2.55. The second kappa shape index (κ2) is 11.8. The van der Waals surface area contributed by atoms with Crippen molar-refractivity contribution < 1.29 is 98.2 Å². The van der Waals surface area contributed by atoms with E-state index in [2.05, 4.69) is 0 Å². The van der Waals surface area contributed by atoms with Crippen molar-refractivity contribution in [3.8, 4) is 0 Å². The third-order valence-electron chi connectivity index (χ3n) is 6.12. The van der Waals surface area contributed by atoms with Crippen molar-refractivity contribution in [3.05, 3.63) is 0 Å². The molecule has 0 aliphatic rings. The molecular formula is C20H28F18N2O2+2. The zero-order valence-corrected chi connectivity index (χ0v) is 22.0. The van der Waals surface area contributed by atoms with Crippen LogP contribution in [0.2, 0.25) is 0 Å². The average Bonchev–Trinajstić information content (AvgIpc) is 2.68. The number of halogens is 18. The summed E-state index contributed by atoms with van der Waals surface area (Å²) < 4.78 is 233. The maximum atomic E-state index is 13.8. The molecule has 0 aliphatic heterocycles. The molecule has 0 heterocycles. The highest BCUT2D eigenvalue weighted by molar-refractivity contribution is 5.02. The molecule has 0 saturated heterocycles. The van der Waals surface area contributed by atoms with Gasteiger partial charge >= 0.3 is 47.9 Å². The smallest absolute Gasteiger partial charge is 0.387 e. The van der Waals surface area contributed by atoms with Crippen LogP contribution in [0.1, 0.15) is 12.8 Å². The Balaban J connectivity index is 5.42. The number of quaternary nitrogens is 2. The van der Waals surface area contributed by atoms with Gasteiger partial charge in [-0.05, 0) is 0 Å². The van der Waals surface area contributed by atoms with E-state index in [0.717, 1.165) is 28.2 Å². The molecule has 0 radical (unpaired) electrons. The first-order chi connectivity index (χ1) is 17.9. The molecule has 0 aliphatic carbocycles. The molecule has 0 amide bonds. The third-order valence-corrected chi connectivity index (χ3v) is 6.12. The summed E-state index contributed by atoms with van der Waals surface area (Å²) in [5.41, 5.74) is 0. The molecule has 0 aromatic heterocycles. The van der Waals surface area contributed by atoms with E-state index in [1.807, 2.05) is 0 Å². The zero-order chi connectivity index (χ0) is 34.4. The SMILES string of the molecule is C[N+](C)(CC[N+](C)(C)CC(O)CC(F)(F)C(F)(F)C(F)(F)C(F)(F)F)CC(O)CC(F)(F)C(F)(F)C(F)(F)C(F)(F)F. The summed E-state index contributed by atoms with van der Waals surface area (Å²) in [6, 6.07) is 0. The predicted molar refractivity (Wildman–Crippen MR) is 107 cm³/mol. The van der Waals surface area contributed by atoms with Crippen LogP contribution in [-0.4, -0.2) is 134 Å². The van der Waals surface area contributed by atoms with Crippen molar-refractivity contribution in [2.24, 2.45) is 0 Å². The molecule has 0 bridgehead atoms. The van der Waals surface area contributed by atoms with Crippen molar-refractivity contribution in [3.63, 3.8) is 0 Å². The Kier molecular flexibility index (Phi) is 11.4. The summed E-state index contributed by atoms with van der Waals surface area (Å²) in [7, 11) is 4.31. The summed E-state index contributed by atoms with van der Waals surface area (Å²) in [5, 5.41) is 19.5. The largest absolute Gasteiger partial charge is 0.460 e. The van der Waals surface area contributed by atoms with E-state index >= 15 is 0 Å². The fourth-order valence-corrected chi connectivity index (χ4v) is 3.66. The first-order valence-electron chi connectivity index (χ1n) is 11.3. The Hall–Kier alpha value is -1.42. The Bertz CT molecular complexity index is 826. The van der Waals surface area contributed by atoms with Crippen LogP contribution >= 0.6 is 0 Å². The highest BCUT2D eigenvalue weighted by Gasteiger charge is 2.82. The Morgan fingerprint density at radius 3 is 0.833 bits per heavy atom. The number of rotatable bonds is 15. The van der Waals surface area contributed by atoms with Gasteiger partial charge in [0, 0.05) is 12.8 Å². The van der Waals surface area contributed by atoms with Crippen LogP contribution in [0.4, 0.5) is 79.0 Å². The lowest BCUT2D eigenvalue weighted by Crippen LogP contribution is -2.62. The molecule has 4 nitrogen and oxygen atoms in total. The van der Waals surface area contributed by atoms with Crippen LogP contribution in [0.25, 0.3) is 0 Å². The van der Waals surface area contributed by atoms with E-state index in [-0.39, 0.29) is 0 Å². The topological polar surface area (TPSA) is 40.5 Å². The van der Waals surface area contributed by atoms with E-state index in [0.29, 0.717) is 0 Å². The predicted octanol–water partition coefficient (Wildman–Crippen LogP) is 5.58. The minimum atomic E-state index is -7.18. The summed E-state index contributed by atoms with van der Waals surface area (Å²) >= 11 is 0. The number of aliphatic hydroxyl groups is 2. The number of likely N-dealkylation sites (N-methyl/N-ethyl adjacent to an activating group) is 2. The van der Waals surface area contributed by atoms with Gasteiger partial charge in [-0.2, -0.15) is 79.0 Å². The Morgan fingerprint density at radius 1 is 0.429 bits per heavy atom. The summed E-state index contributed by atoms with van der Waals surface area (Å²) in [6.07, 6.45) is -24.6. The van der Waals surface area contributed by atoms with Gasteiger partial charge in [-0.25, -0.2) is 0 Å². The lowest BCUT2D eigenvalue weighted by Gasteiger charge is -2.39. The molecule has 22 heteroatoms. The van der Waals surface area contributed by atoms with Gasteiger partial charge < -0.3 is 19.2 Å². The van der Waals surface area contributed by atoms with E-state index in [1.54, 1.807) is 0 Å². The average molecular weight is 670 g/mol. The molecule has 2 atom stereocenters. The molecule has 0 spiro atoms. The fraction of sp³-hybridized carbons (Fsp3) is 1.00. The molecule has 2 N–H and O–H groups in total. The van der Waals surface area contributed by atoms with E-state index < -0.39 is 108 Å². The quantitative estimate of drug-likeness (QED) is 0.177. The first-order valence-corrected chi connectivity index (χ1v) is 11.3. The number of nitrogens with zero attached hydrogens (tertiary/aromatic N) is 2. The lowest BCUT2D eigenvalue weighted by molar-refractivity contribution is -0.948. The van der Waals surface area contributed by atoms with Crippen LogP contribution in [0.15, 0.2) is 0 Å². The third kappa shape index (κ3) is 8.60. The highest BCUT2D eigenvalue weighted by atomic mass is 19.4. The fourth-order valence-electron chi connectivity index (χ4n) is 3.66. The number of alkyl halides is 18. The maximum absolute atomic E-state index is 13.8. The second-order valence-electron chi connectivity index (χ2n) is 11.1. The standard InChI is InChI=1S/C20H28F18N2O2/c1-39(2,9-11(41)7-13(21,22)15(25,26)17(29,30)19(33,34)35)5-6-40(3,4)10-12(42)8-14(23,24)16(27,28)18(31,32)20(36,37)38/h11-12,41-42H,5-10H2,1-4H3/q+2. The van der Waals surface area contributed by atoms with Gasteiger partial charge in [-0.15, -0.1) is 0 Å². The van der Waals surface area contributed by atoms with E-state index in [1.165, 1.54) is 0 Å². The molecule has 0 rings (SSSR count). The Labute approximate surface area is 226 Å². The van der Waals surface area contributed by atoms with Crippen molar-refractivity contribution >= 4 is 0 Å². The Morgan fingerprint density at radius 2 is 0.643 bits per heavy atom. The van der Waals surface area contributed by atoms with Crippen LogP contribution < -0.4 is 0 Å². The lowest BCUT2D eigenvalue weighted by atomic mass is 9.98. The number of hydrogen-bond donors (Lipinski definition) is 2. The zero-order valence-electron chi connectivity index (χ0n) is 22.0. The van der Waals surface area contributed by atoms with Crippen LogP contribution in [0, 0.1) is 0 Å². The van der Waals surface area contributed by atoms with Gasteiger partial charge in [-0.1, -0.05) is 0 Å². The van der Waals surface area contributed by atoms with Crippen molar-refractivity contribution in [1.29, 1.82) is 0 Å². The number of hydrogen-bond acceptors (Lipinski definition) is 2. The molecule has 2 unspecified atom stereocenters. The minimum Gasteiger partial charge on any atom is -0.387 e. The van der Waals surface area contributed by atoms with Gasteiger partial charge in [0.2, 0.25) is 0 Å². The van der Waals surface area contributed by atoms with Crippen LogP contribution in [-0.2, 0) is 0 Å². The summed E-state index contributed by atoms with van der Waals surface area (Å²) in [4.78, 5) is 0. The van der Waals surface area contributed by atoms with Crippen LogP contribution in [0.3, 0.4) is 0 Å². The molecule has 0 fully saturated rings. The second-order valence-corrected chi connectivity index (χ2v) is 11.1. The first kappa shape index (κ1) is 40.6. The van der Waals surface area contributed by atoms with Crippen LogP contribution in [0.5, 0.6) is 0 Å². The van der Waals surface area contributed by atoms with Gasteiger partial charge in [0.15, 0.2) is 0 Å². The van der Waals surface area contributed by atoms with Crippen molar-refractivity contribution in [2.75, 3.05) is 54.4 Å². The maximum Gasteiger partial charge on any atom is 0.460 e. The van der Waals surface area contributed by atoms with Gasteiger partial charge in [0.1, 0.15) is 38.4 Å². The molecule has 254 valence electrons. The monoisotopic (exact) mass is 670 g/mol. The van der Waals surface area contributed by atoms with E-state index in [4.69, 9.17) is 0 Å². The van der Waals surface area contributed by atoms with Gasteiger partial charge in [0.05, 0.1) is 28.2 Å². The van der Waals surface area contributed by atoms with Crippen molar-refractivity contribution in [1.82, 2.24) is 0 Å². The molecule has 42 heavy (non-hydrogen) atoms. The minimum absolute atomic E-state index is 0.407. The van der Waals surface area contributed by atoms with E-state index in [9.17, 15) is 89.2 Å². The van der Waals surface area contributed by atoms with Gasteiger partial charge in [-0.3, -0.25) is 0 Å².